The van der Waals surface area contributed by atoms with E-state index in [-0.39, 0.29) is 12.3 Å². The van der Waals surface area contributed by atoms with Gasteiger partial charge in [0, 0.05) is 16.3 Å². The van der Waals surface area contributed by atoms with Crippen LogP contribution in [0.2, 0.25) is 5.02 Å². The van der Waals surface area contributed by atoms with E-state index in [1.54, 1.807) is 12.1 Å². The molecule has 0 unspecified atom stereocenters. The Balaban J connectivity index is 2.83. The Morgan fingerprint density at radius 2 is 2.05 bits per heavy atom. The molecule has 104 valence electrons. The number of anilines is 1. The third kappa shape index (κ3) is 4.44. The molecule has 0 aliphatic heterocycles. The van der Waals surface area contributed by atoms with E-state index < -0.39 is 11.4 Å². The minimum Gasteiger partial charge on any atom is -0.481 e. The fourth-order valence-corrected chi connectivity index (χ4v) is 2.16. The average Bonchev–Trinajstić information content (AvgIpc) is 2.28. The minimum atomic E-state index is -1.10. The summed E-state index contributed by atoms with van der Waals surface area (Å²) in [5.74, 6) is -1.34. The summed E-state index contributed by atoms with van der Waals surface area (Å²) < 4.78 is 0. The third-order valence-electron chi connectivity index (χ3n) is 2.62. The summed E-state index contributed by atoms with van der Waals surface area (Å²) >= 11 is 7.37. The summed E-state index contributed by atoms with van der Waals surface area (Å²) in [5.41, 5.74) is -0.492. The molecule has 0 bridgehead atoms. The van der Waals surface area contributed by atoms with Crippen molar-refractivity contribution >= 4 is 40.9 Å². The van der Waals surface area contributed by atoms with Gasteiger partial charge in [-0.15, -0.1) is 11.8 Å². The van der Waals surface area contributed by atoms with Crippen molar-refractivity contribution in [3.05, 3.63) is 23.2 Å². The van der Waals surface area contributed by atoms with E-state index in [1.165, 1.54) is 25.6 Å². The van der Waals surface area contributed by atoms with Gasteiger partial charge in [0.25, 0.3) is 0 Å². The van der Waals surface area contributed by atoms with E-state index in [0.29, 0.717) is 10.7 Å². The molecule has 1 amide bonds. The lowest BCUT2D eigenvalue weighted by molar-refractivity contribution is -0.148. The zero-order chi connectivity index (χ0) is 14.6. The number of amides is 1. The van der Waals surface area contributed by atoms with Gasteiger partial charge in [-0.1, -0.05) is 11.6 Å². The largest absolute Gasteiger partial charge is 0.481 e. The molecule has 2 N–H and O–H groups in total. The topological polar surface area (TPSA) is 66.4 Å². The zero-order valence-corrected chi connectivity index (χ0v) is 12.6. The molecule has 1 aromatic carbocycles. The highest BCUT2D eigenvalue weighted by Gasteiger charge is 2.30. The first-order chi connectivity index (χ1) is 8.76. The van der Waals surface area contributed by atoms with Gasteiger partial charge in [0.15, 0.2) is 0 Å². The predicted molar refractivity (Wildman–Crippen MR) is 77.9 cm³/mol. The standard InChI is InChI=1S/C13H16ClNO3S/c1-13(2,12(17)18)7-11(16)15-9-6-8(14)4-5-10(9)19-3/h4-6H,7H2,1-3H3,(H,15,16)(H,17,18). The Morgan fingerprint density at radius 1 is 1.42 bits per heavy atom. The van der Waals surface area contributed by atoms with Gasteiger partial charge in [-0.2, -0.15) is 0 Å². The number of halogens is 1. The number of carboxylic acids is 1. The molecule has 19 heavy (non-hydrogen) atoms. The molecule has 4 nitrogen and oxygen atoms in total. The molecule has 0 spiro atoms. The van der Waals surface area contributed by atoms with Crippen molar-refractivity contribution in [3.8, 4) is 0 Å². The maximum absolute atomic E-state index is 11.9. The number of hydrogen-bond acceptors (Lipinski definition) is 3. The molecule has 1 rings (SSSR count). The van der Waals surface area contributed by atoms with Crippen LogP contribution in [0.25, 0.3) is 0 Å². The summed E-state index contributed by atoms with van der Waals surface area (Å²) in [4.78, 5) is 23.7. The van der Waals surface area contributed by atoms with Gasteiger partial charge in [0.1, 0.15) is 0 Å². The number of thioether (sulfide) groups is 1. The second kappa shape index (κ2) is 6.30. The van der Waals surface area contributed by atoms with Gasteiger partial charge >= 0.3 is 5.97 Å². The van der Waals surface area contributed by atoms with Crippen molar-refractivity contribution in [3.63, 3.8) is 0 Å². The fourth-order valence-electron chi connectivity index (χ4n) is 1.45. The van der Waals surface area contributed by atoms with Gasteiger partial charge in [-0.25, -0.2) is 0 Å². The Kier molecular flexibility index (Phi) is 5.26. The second-order valence-corrected chi connectivity index (χ2v) is 6.04. The first-order valence-corrected chi connectivity index (χ1v) is 7.23. The lowest BCUT2D eigenvalue weighted by atomic mass is 9.89. The molecule has 0 saturated carbocycles. The average molecular weight is 302 g/mol. The van der Waals surface area contributed by atoms with Crippen LogP contribution in [-0.2, 0) is 9.59 Å². The smallest absolute Gasteiger partial charge is 0.309 e. The molecule has 0 aliphatic carbocycles. The van der Waals surface area contributed by atoms with Crippen LogP contribution in [-0.4, -0.2) is 23.2 Å². The van der Waals surface area contributed by atoms with E-state index in [9.17, 15) is 9.59 Å². The van der Waals surface area contributed by atoms with Crippen LogP contribution in [0.4, 0.5) is 5.69 Å². The molecule has 0 atom stereocenters. The number of rotatable bonds is 5. The Hall–Kier alpha value is -1.20. The monoisotopic (exact) mass is 301 g/mol. The second-order valence-electron chi connectivity index (χ2n) is 4.76. The number of hydrogen-bond donors (Lipinski definition) is 2. The van der Waals surface area contributed by atoms with Crippen LogP contribution >= 0.6 is 23.4 Å². The highest BCUT2D eigenvalue weighted by atomic mass is 35.5. The van der Waals surface area contributed by atoms with Gasteiger partial charge in [-0.05, 0) is 38.3 Å². The molecule has 0 saturated heterocycles. The van der Waals surface area contributed by atoms with Crippen molar-refractivity contribution in [1.82, 2.24) is 0 Å². The Morgan fingerprint density at radius 3 is 2.58 bits per heavy atom. The van der Waals surface area contributed by atoms with Crippen LogP contribution in [0.3, 0.4) is 0 Å². The SMILES string of the molecule is CSc1ccc(Cl)cc1NC(=O)CC(C)(C)C(=O)O. The lowest BCUT2D eigenvalue weighted by Crippen LogP contribution is -2.29. The molecule has 0 heterocycles. The zero-order valence-electron chi connectivity index (χ0n) is 11.0. The first-order valence-electron chi connectivity index (χ1n) is 5.63. The van der Waals surface area contributed by atoms with E-state index in [0.717, 1.165) is 4.90 Å². The number of carbonyl (C=O) groups is 2. The molecule has 0 fully saturated rings. The Bertz CT molecular complexity index is 503. The number of benzene rings is 1. The maximum Gasteiger partial charge on any atom is 0.309 e. The summed E-state index contributed by atoms with van der Waals surface area (Å²) in [6, 6.07) is 5.20. The summed E-state index contributed by atoms with van der Waals surface area (Å²) in [6.07, 6.45) is 1.79. The first kappa shape index (κ1) is 15.9. The van der Waals surface area contributed by atoms with Crippen LogP contribution in [0.5, 0.6) is 0 Å². The Labute approximate surface area is 121 Å². The van der Waals surface area contributed by atoms with Crippen LogP contribution < -0.4 is 5.32 Å². The molecule has 0 aliphatic rings. The minimum absolute atomic E-state index is 0.0946. The van der Waals surface area contributed by atoms with Crippen LogP contribution in [0.1, 0.15) is 20.3 Å². The van der Waals surface area contributed by atoms with Crippen LogP contribution in [0.15, 0.2) is 23.1 Å². The van der Waals surface area contributed by atoms with Gasteiger partial charge < -0.3 is 10.4 Å². The third-order valence-corrected chi connectivity index (χ3v) is 3.65. The molecular formula is C13H16ClNO3S. The van der Waals surface area contributed by atoms with Gasteiger partial charge in [0.2, 0.25) is 5.91 Å². The van der Waals surface area contributed by atoms with Crippen molar-refractivity contribution in [2.24, 2.45) is 5.41 Å². The molecular weight excluding hydrogens is 286 g/mol. The van der Waals surface area contributed by atoms with E-state index >= 15 is 0 Å². The summed E-state index contributed by atoms with van der Waals surface area (Å²) in [6.45, 7) is 3.03. The van der Waals surface area contributed by atoms with E-state index in [4.69, 9.17) is 16.7 Å². The normalized spacial score (nSPS) is 11.2. The molecule has 1 aromatic rings. The van der Waals surface area contributed by atoms with Crippen molar-refractivity contribution in [1.29, 1.82) is 0 Å². The molecule has 0 radical (unpaired) electrons. The maximum atomic E-state index is 11.9. The fraction of sp³-hybridized carbons (Fsp3) is 0.385. The lowest BCUT2D eigenvalue weighted by Gasteiger charge is -2.18. The van der Waals surface area contributed by atoms with Gasteiger partial charge in [0.05, 0.1) is 11.1 Å². The summed E-state index contributed by atoms with van der Waals surface area (Å²) in [5, 5.41) is 12.2. The highest BCUT2D eigenvalue weighted by molar-refractivity contribution is 7.98. The quantitative estimate of drug-likeness (QED) is 0.817. The van der Waals surface area contributed by atoms with E-state index in [1.807, 2.05) is 12.3 Å². The predicted octanol–water partition coefficient (Wildman–Crippen LogP) is 3.50. The van der Waals surface area contributed by atoms with Gasteiger partial charge in [-0.3, -0.25) is 9.59 Å². The number of carboxylic acid groups (broad SMARTS) is 1. The van der Waals surface area contributed by atoms with E-state index in [2.05, 4.69) is 5.32 Å². The number of aliphatic carboxylic acids is 1. The summed E-state index contributed by atoms with van der Waals surface area (Å²) in [7, 11) is 0. The van der Waals surface area contributed by atoms with Crippen molar-refractivity contribution in [2.45, 2.75) is 25.2 Å². The number of nitrogens with one attached hydrogen (secondary N) is 1. The molecule has 0 aromatic heterocycles. The number of carbonyl (C=O) groups excluding carboxylic acids is 1. The van der Waals surface area contributed by atoms with Crippen LogP contribution in [0, 0.1) is 5.41 Å². The molecule has 6 heteroatoms. The highest BCUT2D eigenvalue weighted by Crippen LogP contribution is 2.29. The van der Waals surface area contributed by atoms with Crippen molar-refractivity contribution in [2.75, 3.05) is 11.6 Å². The van der Waals surface area contributed by atoms with Crippen molar-refractivity contribution < 1.29 is 14.7 Å².